The summed E-state index contributed by atoms with van der Waals surface area (Å²) in [5, 5.41) is 8.56. The maximum atomic E-state index is 13.7. The number of carbonyl (C=O) groups excluding carboxylic acids is 2. The number of carbonyl (C=O) groups is 2. The van der Waals surface area contributed by atoms with Crippen LogP contribution in [0.25, 0.3) is 20.9 Å². The first-order valence-electron chi connectivity index (χ1n) is 25.3. The van der Waals surface area contributed by atoms with Crippen molar-refractivity contribution in [1.82, 2.24) is 0 Å². The van der Waals surface area contributed by atoms with Gasteiger partial charge in [0.1, 0.15) is 36.2 Å². The summed E-state index contributed by atoms with van der Waals surface area (Å²) in [5.41, 5.74) is 25.7. The average molecular weight is 1030 g/mol. The van der Waals surface area contributed by atoms with E-state index in [0.29, 0.717) is 0 Å². The Balaban J connectivity index is 1.31. The second kappa shape index (κ2) is 31.6. The monoisotopic (exact) mass is 1030 g/mol. The average Bonchev–Trinajstić information content (AvgIpc) is 3.45. The first-order valence-corrected chi connectivity index (χ1v) is 25.3. The molecule has 0 amide bonds. The molecule has 1 heterocycles. The van der Waals surface area contributed by atoms with E-state index in [9.17, 15) is 20.7 Å². The van der Waals surface area contributed by atoms with E-state index in [2.05, 4.69) is 20.1 Å². The second-order valence-corrected chi connectivity index (χ2v) is 18.1. The van der Waals surface area contributed by atoms with Gasteiger partial charge < -0.3 is 47.4 Å². The molecule has 0 radical (unpaired) electrons. The SMILES string of the molecule is CC(=O)CCC(=O)O[C@H]1[C@H](OCc2ccccc2)[C@@H](N=[N+]=[N-])[C@H](O[C@@H](COCc2ccccc2)[C@@H](OCc2ccccc2)[C@H](OCc2ccccc2)[C@@H](COCc2ccccc2)N=[N+]=[N-])O[C@@H]1COCc1ccccc1. The van der Waals surface area contributed by atoms with Gasteiger partial charge in [-0.15, -0.1) is 0 Å². The van der Waals surface area contributed by atoms with Gasteiger partial charge in [0.05, 0.1) is 78.0 Å². The summed E-state index contributed by atoms with van der Waals surface area (Å²) in [6.45, 7) is 1.66. The first kappa shape index (κ1) is 56.5. The molecule has 6 aromatic carbocycles. The lowest BCUT2D eigenvalue weighted by atomic mass is 9.96. The van der Waals surface area contributed by atoms with Gasteiger partial charge in [0, 0.05) is 16.2 Å². The molecule has 1 aliphatic heterocycles. The molecule has 17 nitrogen and oxygen atoms in total. The molecule has 0 aromatic heterocycles. The molecule has 1 saturated heterocycles. The Bertz CT molecular complexity index is 2710. The predicted molar refractivity (Wildman–Crippen MR) is 283 cm³/mol. The molecule has 0 bridgehead atoms. The van der Waals surface area contributed by atoms with Crippen LogP contribution in [-0.4, -0.2) is 86.6 Å². The number of esters is 1. The number of ether oxygens (including phenoxy) is 9. The number of ketones is 1. The highest BCUT2D eigenvalue weighted by Gasteiger charge is 2.51. The summed E-state index contributed by atoms with van der Waals surface area (Å²) in [6.07, 6.45) is -8.64. The highest BCUT2D eigenvalue weighted by Crippen LogP contribution is 2.34. The topological polar surface area (TPSA) is 215 Å². The van der Waals surface area contributed by atoms with Crippen molar-refractivity contribution in [2.24, 2.45) is 10.2 Å². The van der Waals surface area contributed by atoms with Crippen molar-refractivity contribution < 1.29 is 52.2 Å². The standard InChI is InChI=1S/C59H64N6O11/c1-43(66)32-33-53(67)76-57-52(42-70-36-46-24-12-4-13-25-46)75-59(54(63-65-61)58(57)73-39-49-30-18-7-19-31-49)74-51(41-69-35-45-22-10-3-11-23-45)56(72-38-48-28-16-6-17-29-48)55(71-37-47-26-14-5-15-27-47)50(62-64-60)40-68-34-44-20-8-2-9-21-44/h2-31,50-52,54-59H,32-42H2,1H3/t50-,51+,52-,54-,55-,56-,57-,58-,59-/m1/s1. The molecule has 9 atom stereocenters. The molecule has 0 aliphatic carbocycles. The highest BCUT2D eigenvalue weighted by molar-refractivity contribution is 5.81. The highest BCUT2D eigenvalue weighted by atomic mass is 16.7. The summed E-state index contributed by atoms with van der Waals surface area (Å²) in [4.78, 5) is 32.3. The minimum atomic E-state index is -1.45. The predicted octanol–water partition coefficient (Wildman–Crippen LogP) is 11.1. The van der Waals surface area contributed by atoms with Gasteiger partial charge in [-0.25, -0.2) is 0 Å². The van der Waals surface area contributed by atoms with Crippen molar-refractivity contribution in [2.75, 3.05) is 19.8 Å². The number of rotatable bonds is 32. The van der Waals surface area contributed by atoms with Crippen molar-refractivity contribution in [3.8, 4) is 0 Å². The Hall–Kier alpha value is -7.24. The molecule has 1 fully saturated rings. The quantitative estimate of drug-likeness (QED) is 0.0168. The lowest BCUT2D eigenvalue weighted by Gasteiger charge is -2.46. The minimum Gasteiger partial charge on any atom is -0.457 e. The van der Waals surface area contributed by atoms with Gasteiger partial charge in [0.25, 0.3) is 0 Å². The molecule has 7 rings (SSSR count). The van der Waals surface area contributed by atoms with Gasteiger partial charge in [0.2, 0.25) is 0 Å². The number of Topliss-reactive ketones (excluding diaryl/α,β-unsaturated/α-hetero) is 1. The van der Waals surface area contributed by atoms with Crippen LogP contribution in [0.3, 0.4) is 0 Å². The van der Waals surface area contributed by atoms with E-state index in [1.807, 2.05) is 182 Å². The maximum Gasteiger partial charge on any atom is 0.306 e. The van der Waals surface area contributed by atoms with Crippen LogP contribution in [0.5, 0.6) is 0 Å². The number of azide groups is 2. The molecule has 0 saturated carbocycles. The van der Waals surface area contributed by atoms with Crippen molar-refractivity contribution in [1.29, 1.82) is 0 Å². The van der Waals surface area contributed by atoms with Crippen LogP contribution in [0.4, 0.5) is 0 Å². The van der Waals surface area contributed by atoms with Crippen LogP contribution in [0.15, 0.2) is 192 Å². The maximum absolute atomic E-state index is 13.7. The Kier molecular flexibility index (Phi) is 23.5. The Morgan fingerprint density at radius 3 is 1.46 bits per heavy atom. The zero-order valence-electron chi connectivity index (χ0n) is 42.5. The Morgan fingerprint density at radius 2 is 0.987 bits per heavy atom. The molecule has 0 spiro atoms. The molecule has 0 unspecified atom stereocenters. The van der Waals surface area contributed by atoms with Crippen molar-refractivity contribution in [3.05, 3.63) is 236 Å². The molecule has 0 N–H and O–H groups in total. The fraction of sp³-hybridized carbons (Fsp3) is 0.356. The third-order valence-electron chi connectivity index (χ3n) is 12.4. The van der Waals surface area contributed by atoms with Gasteiger partial charge in [-0.1, -0.05) is 192 Å². The van der Waals surface area contributed by atoms with E-state index in [1.165, 1.54) is 6.92 Å². The first-order chi connectivity index (χ1) is 37.4. The van der Waals surface area contributed by atoms with Crippen LogP contribution >= 0.6 is 0 Å². The van der Waals surface area contributed by atoms with Crippen molar-refractivity contribution >= 4 is 11.8 Å². The molecule has 1 aliphatic rings. The summed E-state index contributed by atoms with van der Waals surface area (Å²) >= 11 is 0. The summed E-state index contributed by atoms with van der Waals surface area (Å²) in [6, 6.07) is 54.8. The van der Waals surface area contributed by atoms with Crippen molar-refractivity contribution in [2.45, 2.75) is 114 Å². The Morgan fingerprint density at radius 1 is 0.539 bits per heavy atom. The second-order valence-electron chi connectivity index (χ2n) is 18.1. The van der Waals surface area contributed by atoms with Gasteiger partial charge in [-0.05, 0) is 51.4 Å². The largest absolute Gasteiger partial charge is 0.457 e. The molecule has 396 valence electrons. The van der Waals surface area contributed by atoms with E-state index in [0.717, 1.165) is 33.4 Å². The van der Waals surface area contributed by atoms with E-state index < -0.39 is 61.0 Å². The smallest absolute Gasteiger partial charge is 0.306 e. The lowest BCUT2D eigenvalue weighted by molar-refractivity contribution is -0.306. The van der Waals surface area contributed by atoms with Gasteiger partial charge >= 0.3 is 5.97 Å². The van der Waals surface area contributed by atoms with E-state index in [4.69, 9.17) is 42.6 Å². The molecule has 17 heteroatoms. The minimum absolute atomic E-state index is 0.00736. The van der Waals surface area contributed by atoms with Gasteiger partial charge in [-0.2, -0.15) is 0 Å². The number of hydrogen-bond donors (Lipinski definition) is 0. The molecule has 6 aromatic rings. The number of hydrogen-bond acceptors (Lipinski definition) is 13. The van der Waals surface area contributed by atoms with Crippen LogP contribution in [0.1, 0.15) is 53.1 Å². The third-order valence-corrected chi connectivity index (χ3v) is 12.4. The van der Waals surface area contributed by atoms with E-state index >= 15 is 0 Å². The van der Waals surface area contributed by atoms with Crippen LogP contribution in [0.2, 0.25) is 0 Å². The lowest BCUT2D eigenvalue weighted by Crippen LogP contribution is -2.62. The zero-order valence-corrected chi connectivity index (χ0v) is 42.5. The van der Waals surface area contributed by atoms with Crippen LogP contribution in [-0.2, 0) is 91.9 Å². The molecular weight excluding hydrogens is 969 g/mol. The Labute approximate surface area is 443 Å². The van der Waals surface area contributed by atoms with Gasteiger partial charge in [-0.3, -0.25) is 4.79 Å². The van der Waals surface area contributed by atoms with E-state index in [1.54, 1.807) is 0 Å². The fourth-order valence-electron chi connectivity index (χ4n) is 8.53. The normalized spacial score (nSPS) is 18.7. The molecular formula is C59H64N6O11. The van der Waals surface area contributed by atoms with Crippen LogP contribution < -0.4 is 0 Å². The summed E-state index contributed by atoms with van der Waals surface area (Å²) in [7, 11) is 0. The van der Waals surface area contributed by atoms with Crippen molar-refractivity contribution in [3.63, 3.8) is 0 Å². The third kappa shape index (κ3) is 18.5. The summed E-state index contributed by atoms with van der Waals surface area (Å²) < 4.78 is 59.9. The van der Waals surface area contributed by atoms with Gasteiger partial charge in [0.15, 0.2) is 12.4 Å². The number of benzene rings is 6. The fourth-order valence-corrected chi connectivity index (χ4v) is 8.53. The number of nitrogens with zero attached hydrogens (tertiary/aromatic N) is 6. The zero-order chi connectivity index (χ0) is 53.0. The molecule has 76 heavy (non-hydrogen) atoms. The summed E-state index contributed by atoms with van der Waals surface area (Å²) in [5.74, 6) is -0.888. The van der Waals surface area contributed by atoms with Crippen LogP contribution in [0, 0.1) is 0 Å². The van der Waals surface area contributed by atoms with E-state index in [-0.39, 0.29) is 78.1 Å².